The molecule has 2 aromatic heterocycles. The molecule has 0 unspecified atom stereocenters. The molecule has 13 heavy (non-hydrogen) atoms. The number of aromatic nitrogens is 3. The standard InChI is InChI=1S/C7H6N4S2/c8-5-1-2-6(9-3-5)12-7-10-4-11-13-7/h1-4H,8H2. The van der Waals surface area contributed by atoms with Gasteiger partial charge in [-0.05, 0) is 35.4 Å². The van der Waals surface area contributed by atoms with Crippen LogP contribution in [0, 0.1) is 0 Å². The van der Waals surface area contributed by atoms with Crippen LogP contribution in [0.4, 0.5) is 5.69 Å². The van der Waals surface area contributed by atoms with Gasteiger partial charge in [-0.1, -0.05) is 0 Å². The first-order valence-electron chi connectivity index (χ1n) is 3.50. The summed E-state index contributed by atoms with van der Waals surface area (Å²) in [5.74, 6) is 0. The highest BCUT2D eigenvalue weighted by molar-refractivity contribution is 8.00. The van der Waals surface area contributed by atoms with Crippen LogP contribution < -0.4 is 5.73 Å². The first-order valence-corrected chi connectivity index (χ1v) is 5.09. The number of nitrogens with two attached hydrogens (primary N) is 1. The molecule has 0 bridgehead atoms. The van der Waals surface area contributed by atoms with Gasteiger partial charge >= 0.3 is 0 Å². The minimum atomic E-state index is 0.668. The van der Waals surface area contributed by atoms with Crippen LogP contribution in [-0.2, 0) is 0 Å². The summed E-state index contributed by atoms with van der Waals surface area (Å²) >= 11 is 2.83. The minimum Gasteiger partial charge on any atom is -0.397 e. The van der Waals surface area contributed by atoms with E-state index in [-0.39, 0.29) is 0 Å². The average molecular weight is 210 g/mol. The third kappa shape index (κ3) is 2.16. The maximum absolute atomic E-state index is 5.50. The van der Waals surface area contributed by atoms with E-state index in [0.717, 1.165) is 9.37 Å². The zero-order valence-corrected chi connectivity index (χ0v) is 8.18. The molecule has 0 saturated heterocycles. The number of hydrogen-bond acceptors (Lipinski definition) is 6. The highest BCUT2D eigenvalue weighted by Crippen LogP contribution is 2.26. The summed E-state index contributed by atoms with van der Waals surface area (Å²) in [6, 6.07) is 3.68. The van der Waals surface area contributed by atoms with Crippen LogP contribution in [-0.4, -0.2) is 14.3 Å². The van der Waals surface area contributed by atoms with Gasteiger partial charge in [0.2, 0.25) is 0 Å². The van der Waals surface area contributed by atoms with Crippen molar-refractivity contribution in [2.75, 3.05) is 5.73 Å². The summed E-state index contributed by atoms with van der Waals surface area (Å²) in [5, 5.41) is 0.881. The van der Waals surface area contributed by atoms with E-state index in [1.807, 2.05) is 12.1 Å². The lowest BCUT2D eigenvalue weighted by atomic mass is 10.4. The molecule has 0 radical (unpaired) electrons. The van der Waals surface area contributed by atoms with Gasteiger partial charge < -0.3 is 5.73 Å². The molecule has 2 heterocycles. The Balaban J connectivity index is 2.15. The van der Waals surface area contributed by atoms with Gasteiger partial charge in [0.25, 0.3) is 0 Å². The molecule has 6 heteroatoms. The van der Waals surface area contributed by atoms with Crippen molar-refractivity contribution in [2.24, 2.45) is 0 Å². The van der Waals surface area contributed by atoms with Crippen molar-refractivity contribution < 1.29 is 0 Å². The fraction of sp³-hybridized carbons (Fsp3) is 0. The molecular formula is C7H6N4S2. The van der Waals surface area contributed by atoms with Crippen molar-refractivity contribution in [3.63, 3.8) is 0 Å². The van der Waals surface area contributed by atoms with Crippen molar-refractivity contribution in [3.05, 3.63) is 24.7 Å². The molecular weight excluding hydrogens is 204 g/mol. The molecule has 2 rings (SSSR count). The van der Waals surface area contributed by atoms with Crippen LogP contribution in [0.2, 0.25) is 0 Å². The van der Waals surface area contributed by atoms with E-state index >= 15 is 0 Å². The van der Waals surface area contributed by atoms with Gasteiger partial charge in [0.15, 0.2) is 4.34 Å². The average Bonchev–Trinajstić information content (AvgIpc) is 2.62. The summed E-state index contributed by atoms with van der Waals surface area (Å²) in [4.78, 5) is 8.16. The van der Waals surface area contributed by atoms with E-state index in [9.17, 15) is 0 Å². The van der Waals surface area contributed by atoms with E-state index in [1.165, 1.54) is 29.6 Å². The molecule has 0 atom stereocenters. The summed E-state index contributed by atoms with van der Waals surface area (Å²) in [5.41, 5.74) is 6.17. The molecule has 0 spiro atoms. The van der Waals surface area contributed by atoms with Crippen molar-refractivity contribution in [3.8, 4) is 0 Å². The van der Waals surface area contributed by atoms with E-state index in [0.29, 0.717) is 5.69 Å². The Labute approximate surface area is 83.4 Å². The fourth-order valence-corrected chi connectivity index (χ4v) is 2.08. The molecule has 0 aliphatic heterocycles. The zero-order valence-electron chi connectivity index (χ0n) is 6.54. The number of nitrogens with zero attached hydrogens (tertiary/aromatic N) is 3. The smallest absolute Gasteiger partial charge is 0.175 e. The van der Waals surface area contributed by atoms with E-state index in [1.54, 1.807) is 6.20 Å². The molecule has 2 N–H and O–H groups in total. The summed E-state index contributed by atoms with van der Waals surface area (Å²) in [6.07, 6.45) is 3.16. The van der Waals surface area contributed by atoms with Gasteiger partial charge in [-0.25, -0.2) is 9.97 Å². The lowest BCUT2D eigenvalue weighted by molar-refractivity contribution is 1.13. The van der Waals surface area contributed by atoms with Crippen molar-refractivity contribution in [2.45, 2.75) is 9.37 Å². The molecule has 0 aliphatic carbocycles. The first-order chi connectivity index (χ1) is 6.34. The second-order valence-electron chi connectivity index (χ2n) is 2.24. The Hall–Kier alpha value is -1.14. The number of rotatable bonds is 2. The largest absolute Gasteiger partial charge is 0.397 e. The fourth-order valence-electron chi connectivity index (χ4n) is 0.749. The molecule has 4 nitrogen and oxygen atoms in total. The van der Waals surface area contributed by atoms with Crippen LogP contribution in [0.15, 0.2) is 34.0 Å². The zero-order chi connectivity index (χ0) is 9.10. The van der Waals surface area contributed by atoms with E-state index in [4.69, 9.17) is 5.73 Å². The minimum absolute atomic E-state index is 0.668. The van der Waals surface area contributed by atoms with Crippen LogP contribution in [0.3, 0.4) is 0 Å². The maximum atomic E-state index is 5.50. The third-order valence-corrected chi connectivity index (χ3v) is 2.96. The third-order valence-electron chi connectivity index (χ3n) is 1.29. The molecule has 0 fully saturated rings. The second kappa shape index (κ2) is 3.71. The Kier molecular flexibility index (Phi) is 2.42. The lowest BCUT2D eigenvalue weighted by Gasteiger charge is -1.95. The van der Waals surface area contributed by atoms with Crippen LogP contribution in [0.25, 0.3) is 0 Å². The second-order valence-corrected chi connectivity index (χ2v) is 4.29. The Morgan fingerprint density at radius 1 is 1.31 bits per heavy atom. The number of hydrogen-bond donors (Lipinski definition) is 1. The monoisotopic (exact) mass is 210 g/mol. The van der Waals surface area contributed by atoms with Gasteiger partial charge in [-0.2, -0.15) is 4.37 Å². The predicted octanol–water partition coefficient (Wildman–Crippen LogP) is 1.67. The summed E-state index contributed by atoms with van der Waals surface area (Å²) < 4.78 is 4.78. The highest BCUT2D eigenvalue weighted by Gasteiger charge is 2.00. The van der Waals surface area contributed by atoms with Gasteiger partial charge in [0, 0.05) is 0 Å². The van der Waals surface area contributed by atoms with Crippen LogP contribution in [0.1, 0.15) is 0 Å². The molecule has 0 amide bonds. The van der Waals surface area contributed by atoms with Gasteiger partial charge in [-0.15, -0.1) is 0 Å². The molecule has 2 aromatic rings. The number of nitrogen functional groups attached to an aromatic ring is 1. The maximum Gasteiger partial charge on any atom is 0.175 e. The predicted molar refractivity (Wildman–Crippen MR) is 52.7 cm³/mol. The summed E-state index contributed by atoms with van der Waals surface area (Å²) in [6.45, 7) is 0. The van der Waals surface area contributed by atoms with Crippen molar-refractivity contribution in [1.82, 2.24) is 14.3 Å². The van der Waals surface area contributed by atoms with E-state index in [2.05, 4.69) is 14.3 Å². The quantitative estimate of drug-likeness (QED) is 0.816. The number of anilines is 1. The normalized spacial score (nSPS) is 10.2. The van der Waals surface area contributed by atoms with Crippen LogP contribution in [0.5, 0.6) is 0 Å². The number of pyridine rings is 1. The van der Waals surface area contributed by atoms with Gasteiger partial charge in [-0.3, -0.25) is 0 Å². The molecule has 0 aromatic carbocycles. The topological polar surface area (TPSA) is 64.7 Å². The SMILES string of the molecule is Nc1ccc(Sc2ncns2)nc1. The first kappa shape index (κ1) is 8.46. The highest BCUT2D eigenvalue weighted by atomic mass is 32.2. The Bertz CT molecular complexity index is 370. The molecule has 66 valence electrons. The van der Waals surface area contributed by atoms with Crippen LogP contribution >= 0.6 is 23.3 Å². The van der Waals surface area contributed by atoms with Crippen molar-refractivity contribution in [1.29, 1.82) is 0 Å². The van der Waals surface area contributed by atoms with Gasteiger partial charge in [0.1, 0.15) is 11.4 Å². The van der Waals surface area contributed by atoms with E-state index < -0.39 is 0 Å². The van der Waals surface area contributed by atoms with Gasteiger partial charge in [0.05, 0.1) is 11.9 Å². The Morgan fingerprint density at radius 3 is 2.85 bits per heavy atom. The van der Waals surface area contributed by atoms with Crippen molar-refractivity contribution >= 4 is 29.0 Å². The molecule has 0 saturated carbocycles. The molecule has 0 aliphatic rings. The summed E-state index contributed by atoms with van der Waals surface area (Å²) in [7, 11) is 0. The lowest BCUT2D eigenvalue weighted by Crippen LogP contribution is -1.86. The Morgan fingerprint density at radius 2 is 2.23 bits per heavy atom.